The van der Waals surface area contributed by atoms with Crippen molar-refractivity contribution in [2.24, 2.45) is 11.1 Å². The number of hydrogen-bond donors (Lipinski definition) is 0. The Labute approximate surface area is 171 Å². The van der Waals surface area contributed by atoms with E-state index in [0.29, 0.717) is 18.5 Å². The maximum absolute atomic E-state index is 14.2. The normalized spacial score (nSPS) is 19.1. The van der Waals surface area contributed by atoms with Crippen LogP contribution in [0.15, 0.2) is 53.7 Å². The highest BCUT2D eigenvalue weighted by atomic mass is 19.1. The van der Waals surface area contributed by atoms with E-state index in [1.165, 1.54) is 11.6 Å². The van der Waals surface area contributed by atoms with Crippen LogP contribution in [-0.2, 0) is 16.2 Å². The van der Waals surface area contributed by atoms with Gasteiger partial charge in [0, 0.05) is 24.4 Å². The number of carbonyl (C=O) groups excluding carboxylic acids is 1. The zero-order chi connectivity index (χ0) is 20.2. The number of amides is 1. The standard InChI is InChI=1S/C24H27FN2O2/c1-17-10-12-18(13-11-17)23-14-21(29-26-23)16-27(24(28)19-6-2-3-7-19)15-20-8-4-5-9-22(20)25/h4-5,8-13,19,21H,2-3,6-7,14-16H2,1H3/t21-/m0/s1. The average molecular weight is 394 g/mol. The Morgan fingerprint density at radius 3 is 2.59 bits per heavy atom. The Kier molecular flexibility index (Phi) is 5.93. The van der Waals surface area contributed by atoms with E-state index >= 15 is 0 Å². The van der Waals surface area contributed by atoms with Crippen molar-refractivity contribution in [2.45, 2.75) is 51.7 Å². The molecule has 0 saturated heterocycles. The first-order valence-electron chi connectivity index (χ1n) is 10.4. The molecule has 152 valence electrons. The van der Waals surface area contributed by atoms with Crippen molar-refractivity contribution >= 4 is 11.6 Å². The molecule has 1 amide bonds. The summed E-state index contributed by atoms with van der Waals surface area (Å²) in [7, 11) is 0. The molecule has 0 unspecified atom stereocenters. The predicted molar refractivity (Wildman–Crippen MR) is 111 cm³/mol. The van der Waals surface area contributed by atoms with Gasteiger partial charge in [-0.25, -0.2) is 4.39 Å². The fourth-order valence-electron chi connectivity index (χ4n) is 4.18. The molecule has 0 aromatic heterocycles. The molecule has 1 saturated carbocycles. The lowest BCUT2D eigenvalue weighted by atomic mass is 10.0. The van der Waals surface area contributed by atoms with Gasteiger partial charge in [0.05, 0.1) is 12.3 Å². The maximum Gasteiger partial charge on any atom is 0.226 e. The van der Waals surface area contributed by atoms with Gasteiger partial charge in [-0.1, -0.05) is 66.0 Å². The van der Waals surface area contributed by atoms with E-state index in [2.05, 4.69) is 24.2 Å². The number of carbonyl (C=O) groups is 1. The molecule has 0 radical (unpaired) electrons. The fraction of sp³-hybridized carbons (Fsp3) is 0.417. The minimum Gasteiger partial charge on any atom is -0.390 e. The molecule has 1 aliphatic carbocycles. The van der Waals surface area contributed by atoms with Crippen LogP contribution in [0.4, 0.5) is 4.39 Å². The number of halogens is 1. The van der Waals surface area contributed by atoms with Gasteiger partial charge < -0.3 is 9.74 Å². The van der Waals surface area contributed by atoms with Crippen LogP contribution < -0.4 is 0 Å². The number of aryl methyl sites for hydroxylation is 1. The van der Waals surface area contributed by atoms with Crippen LogP contribution in [0, 0.1) is 18.7 Å². The van der Waals surface area contributed by atoms with Gasteiger partial charge in [0.15, 0.2) is 6.10 Å². The summed E-state index contributed by atoms with van der Waals surface area (Å²) in [5, 5.41) is 4.26. The topological polar surface area (TPSA) is 41.9 Å². The molecule has 4 nitrogen and oxygen atoms in total. The van der Waals surface area contributed by atoms with Crippen molar-refractivity contribution < 1.29 is 14.0 Å². The zero-order valence-electron chi connectivity index (χ0n) is 16.8. The molecule has 1 aliphatic heterocycles. The van der Waals surface area contributed by atoms with Crippen molar-refractivity contribution in [3.05, 3.63) is 71.0 Å². The van der Waals surface area contributed by atoms with E-state index < -0.39 is 0 Å². The molecule has 2 aromatic rings. The van der Waals surface area contributed by atoms with Gasteiger partial charge in [0.25, 0.3) is 0 Å². The van der Waals surface area contributed by atoms with Crippen molar-refractivity contribution in [3.8, 4) is 0 Å². The molecule has 2 aliphatic rings. The van der Waals surface area contributed by atoms with E-state index in [1.807, 2.05) is 12.1 Å². The Morgan fingerprint density at radius 1 is 1.14 bits per heavy atom. The lowest BCUT2D eigenvalue weighted by molar-refractivity contribution is -0.137. The van der Waals surface area contributed by atoms with Crippen molar-refractivity contribution in [1.82, 2.24) is 4.90 Å². The zero-order valence-corrected chi connectivity index (χ0v) is 16.8. The second kappa shape index (κ2) is 8.76. The highest BCUT2D eigenvalue weighted by Crippen LogP contribution is 2.28. The minimum absolute atomic E-state index is 0.0423. The van der Waals surface area contributed by atoms with Crippen molar-refractivity contribution in [3.63, 3.8) is 0 Å². The number of rotatable bonds is 6. The summed E-state index contributed by atoms with van der Waals surface area (Å²) in [6, 6.07) is 14.9. The molecule has 2 aromatic carbocycles. The van der Waals surface area contributed by atoms with Crippen molar-refractivity contribution in [1.29, 1.82) is 0 Å². The molecular weight excluding hydrogens is 367 g/mol. The predicted octanol–water partition coefficient (Wildman–Crippen LogP) is 4.85. The summed E-state index contributed by atoms with van der Waals surface area (Å²) in [5.74, 6) is -0.126. The van der Waals surface area contributed by atoms with Gasteiger partial charge in [0.2, 0.25) is 5.91 Å². The second-order valence-corrected chi connectivity index (χ2v) is 8.13. The number of hydrogen-bond acceptors (Lipinski definition) is 3. The maximum atomic E-state index is 14.2. The summed E-state index contributed by atoms with van der Waals surface area (Å²) >= 11 is 0. The molecule has 1 fully saturated rings. The number of nitrogens with zero attached hydrogens (tertiary/aromatic N) is 2. The Morgan fingerprint density at radius 2 is 1.86 bits per heavy atom. The Balaban J connectivity index is 1.46. The van der Waals surface area contributed by atoms with Crippen LogP contribution in [0.3, 0.4) is 0 Å². The SMILES string of the molecule is Cc1ccc(C2=NO[C@H](CN(Cc3ccccc3F)C(=O)C3CCCC3)C2)cc1. The van der Waals surface area contributed by atoms with Crippen LogP contribution in [-0.4, -0.2) is 29.2 Å². The smallest absolute Gasteiger partial charge is 0.226 e. The van der Waals surface area contributed by atoms with Gasteiger partial charge >= 0.3 is 0 Å². The van der Waals surface area contributed by atoms with E-state index in [0.717, 1.165) is 37.0 Å². The molecule has 0 bridgehead atoms. The molecule has 1 heterocycles. The third-order valence-electron chi connectivity index (χ3n) is 5.88. The van der Waals surface area contributed by atoms with Crippen molar-refractivity contribution in [2.75, 3.05) is 6.54 Å². The molecule has 4 rings (SSSR count). The highest BCUT2D eigenvalue weighted by molar-refractivity contribution is 6.01. The highest BCUT2D eigenvalue weighted by Gasteiger charge is 2.32. The largest absolute Gasteiger partial charge is 0.390 e. The lowest BCUT2D eigenvalue weighted by Gasteiger charge is -2.27. The first-order chi connectivity index (χ1) is 14.1. The first kappa shape index (κ1) is 19.6. The third-order valence-corrected chi connectivity index (χ3v) is 5.88. The fourth-order valence-corrected chi connectivity index (χ4v) is 4.18. The third kappa shape index (κ3) is 4.66. The summed E-state index contributed by atoms with van der Waals surface area (Å²) in [6.45, 7) is 2.74. The van der Waals surface area contributed by atoms with Gasteiger partial charge in [-0.05, 0) is 31.4 Å². The van der Waals surface area contributed by atoms with E-state index in [9.17, 15) is 9.18 Å². The molecule has 5 heteroatoms. The van der Waals surface area contributed by atoms with Crippen LogP contribution >= 0.6 is 0 Å². The quantitative estimate of drug-likeness (QED) is 0.703. The summed E-state index contributed by atoms with van der Waals surface area (Å²) < 4.78 is 14.2. The molecule has 29 heavy (non-hydrogen) atoms. The number of oxime groups is 1. The monoisotopic (exact) mass is 394 g/mol. The van der Waals surface area contributed by atoms with E-state index in [1.54, 1.807) is 23.1 Å². The van der Waals surface area contributed by atoms with Gasteiger partial charge in [-0.2, -0.15) is 0 Å². The second-order valence-electron chi connectivity index (χ2n) is 8.13. The average Bonchev–Trinajstić information content (AvgIpc) is 3.41. The van der Waals surface area contributed by atoms with Gasteiger partial charge in [-0.15, -0.1) is 0 Å². The lowest BCUT2D eigenvalue weighted by Crippen LogP contribution is -2.40. The minimum atomic E-state index is -0.277. The molecule has 1 atom stereocenters. The van der Waals surface area contributed by atoms with E-state index in [4.69, 9.17) is 4.84 Å². The Bertz CT molecular complexity index is 888. The molecular formula is C24H27FN2O2. The van der Waals surface area contributed by atoms with Crippen LogP contribution in [0.5, 0.6) is 0 Å². The molecule has 0 N–H and O–H groups in total. The molecule has 0 spiro atoms. The van der Waals surface area contributed by atoms with Crippen LogP contribution in [0.25, 0.3) is 0 Å². The van der Waals surface area contributed by atoms with Gasteiger partial charge in [0.1, 0.15) is 5.82 Å². The summed E-state index contributed by atoms with van der Waals surface area (Å²) in [6.07, 6.45) is 4.46. The van der Waals surface area contributed by atoms with Crippen LogP contribution in [0.1, 0.15) is 48.8 Å². The summed E-state index contributed by atoms with van der Waals surface area (Å²) in [5.41, 5.74) is 3.68. The Hall–Kier alpha value is -2.69. The first-order valence-corrected chi connectivity index (χ1v) is 10.4. The van der Waals surface area contributed by atoms with E-state index in [-0.39, 0.29) is 30.3 Å². The van der Waals surface area contributed by atoms with Crippen LogP contribution in [0.2, 0.25) is 0 Å². The van der Waals surface area contributed by atoms with Gasteiger partial charge in [-0.3, -0.25) is 4.79 Å². The summed E-state index contributed by atoms with van der Waals surface area (Å²) in [4.78, 5) is 20.6. The number of benzene rings is 2.